The molecule has 1 aromatic rings. The Morgan fingerprint density at radius 2 is 1.94 bits per heavy atom. The molecule has 0 saturated carbocycles. The molecule has 2 heterocycles. The van der Waals surface area contributed by atoms with Crippen LogP contribution >= 0.6 is 8.60 Å². The Hall–Kier alpha value is -0.873. The molecule has 35 heavy (non-hydrogen) atoms. The Bertz CT molecular complexity index is 929. The molecule has 11 heteroatoms. The molecule has 2 rings (SSSR count). The highest BCUT2D eigenvalue weighted by Gasteiger charge is 2.46. The van der Waals surface area contributed by atoms with Gasteiger partial charge in [0.15, 0.2) is 0 Å². The molecular weight excluding hydrogens is 485 g/mol. The summed E-state index contributed by atoms with van der Waals surface area (Å²) < 4.78 is 26.0. The van der Waals surface area contributed by atoms with E-state index in [2.05, 4.69) is 58.0 Å². The maximum atomic E-state index is 12.6. The van der Waals surface area contributed by atoms with Crippen molar-refractivity contribution in [2.24, 2.45) is 0 Å². The Morgan fingerprint density at radius 1 is 1.29 bits per heavy atom. The number of nitrogens with zero attached hydrogens (tertiary/aromatic N) is 1. The first-order valence-corrected chi connectivity index (χ1v) is 16.8. The molecule has 1 aromatic heterocycles. The second-order valence-corrected chi connectivity index (χ2v) is 18.5. The molecule has 0 radical (unpaired) electrons. The fourth-order valence-electron chi connectivity index (χ4n) is 3.77. The molecule has 202 valence electrons. The summed E-state index contributed by atoms with van der Waals surface area (Å²) in [4.78, 5) is 26.8. The summed E-state index contributed by atoms with van der Waals surface area (Å²) in [6.45, 7) is 20.3. The van der Waals surface area contributed by atoms with Crippen LogP contribution in [0.1, 0.15) is 66.2 Å². The van der Waals surface area contributed by atoms with E-state index in [4.69, 9.17) is 18.3 Å². The van der Waals surface area contributed by atoms with Crippen molar-refractivity contribution in [2.75, 3.05) is 13.7 Å². The molecular formula is C24H46N3O6PSi. The van der Waals surface area contributed by atoms with Crippen LogP contribution in [0.2, 0.25) is 24.2 Å². The van der Waals surface area contributed by atoms with Crippen molar-refractivity contribution in [1.82, 2.24) is 14.9 Å². The van der Waals surface area contributed by atoms with Crippen LogP contribution in [0.5, 0.6) is 0 Å². The molecule has 1 saturated heterocycles. The smallest absolute Gasteiger partial charge is 0.333 e. The number of aromatic nitrogens is 2. The molecule has 1 aliphatic rings. The lowest BCUT2D eigenvalue weighted by Gasteiger charge is -2.39. The van der Waals surface area contributed by atoms with Crippen LogP contribution in [0, 0.1) is 6.92 Å². The molecule has 5 unspecified atom stereocenters. The lowest BCUT2D eigenvalue weighted by atomic mass is 10.2. The van der Waals surface area contributed by atoms with E-state index in [-0.39, 0.29) is 28.9 Å². The second-order valence-electron chi connectivity index (χ2n) is 11.5. The monoisotopic (exact) mass is 531 g/mol. The van der Waals surface area contributed by atoms with Crippen LogP contribution < -0.4 is 16.6 Å². The van der Waals surface area contributed by atoms with Gasteiger partial charge >= 0.3 is 14.3 Å². The summed E-state index contributed by atoms with van der Waals surface area (Å²) in [6.07, 6.45) is 1.82. The standard InChI is InChI=1S/C24H46N3O6PSi/c1-16(2)25-12-11-18(4)32-34(30-8)33-19-13-21(27-14-17(3)22(28)26-23(27)29)31-20(19)15-35(9,10)24(5,6)7/h14,16,18-21,25H,11-13,15H2,1-10H3,(H,26,28,29). The van der Waals surface area contributed by atoms with Crippen molar-refractivity contribution in [3.63, 3.8) is 0 Å². The zero-order valence-corrected chi connectivity index (χ0v) is 25.0. The fraction of sp³-hybridized carbons (Fsp3) is 0.833. The van der Waals surface area contributed by atoms with Crippen molar-refractivity contribution >= 4 is 16.7 Å². The predicted octanol–water partition coefficient (Wildman–Crippen LogP) is 4.69. The molecule has 5 atom stereocenters. The molecule has 1 fully saturated rings. The topological polar surface area (TPSA) is 104 Å². The Labute approximate surface area is 212 Å². The minimum Gasteiger partial charge on any atom is -0.352 e. The highest BCUT2D eigenvalue weighted by atomic mass is 31.2. The van der Waals surface area contributed by atoms with Gasteiger partial charge in [-0.1, -0.05) is 47.7 Å². The van der Waals surface area contributed by atoms with Crippen LogP contribution in [0.25, 0.3) is 0 Å². The van der Waals surface area contributed by atoms with E-state index < -0.39 is 28.6 Å². The predicted molar refractivity (Wildman–Crippen MR) is 144 cm³/mol. The fourth-order valence-corrected chi connectivity index (χ4v) is 6.81. The lowest BCUT2D eigenvalue weighted by molar-refractivity contribution is -0.0113. The van der Waals surface area contributed by atoms with E-state index >= 15 is 0 Å². The summed E-state index contributed by atoms with van der Waals surface area (Å²) in [7, 11) is -1.72. The highest BCUT2D eigenvalue weighted by molar-refractivity contribution is 7.41. The van der Waals surface area contributed by atoms with Gasteiger partial charge < -0.3 is 23.6 Å². The summed E-state index contributed by atoms with van der Waals surface area (Å²) in [6, 6.07) is 1.29. The molecule has 2 N–H and O–H groups in total. The van der Waals surface area contributed by atoms with E-state index in [0.717, 1.165) is 19.0 Å². The summed E-state index contributed by atoms with van der Waals surface area (Å²) in [5.41, 5.74) is -0.397. The SMILES string of the molecule is COP(OC(C)CCNC(C)C)OC1CC(n2cc(C)c(=O)[nH]c2=O)OC1C[Si](C)(C)C(C)(C)C. The van der Waals surface area contributed by atoms with Crippen LogP contribution in [0.4, 0.5) is 0 Å². The summed E-state index contributed by atoms with van der Waals surface area (Å²) in [5, 5.41) is 3.57. The van der Waals surface area contributed by atoms with Crippen molar-refractivity contribution in [2.45, 2.75) is 116 Å². The average molecular weight is 532 g/mol. The van der Waals surface area contributed by atoms with Gasteiger partial charge in [-0.15, -0.1) is 0 Å². The molecule has 0 aromatic carbocycles. The summed E-state index contributed by atoms with van der Waals surface area (Å²) >= 11 is 0. The number of rotatable bonds is 12. The van der Waals surface area contributed by atoms with Crippen molar-refractivity contribution in [3.05, 3.63) is 32.6 Å². The molecule has 0 spiro atoms. The number of H-pyrrole nitrogens is 1. The number of hydrogen-bond acceptors (Lipinski definition) is 7. The number of aromatic amines is 1. The van der Waals surface area contributed by atoms with Crippen molar-refractivity contribution in [3.8, 4) is 0 Å². The van der Waals surface area contributed by atoms with Gasteiger partial charge in [-0.2, -0.15) is 0 Å². The number of ether oxygens (including phenoxy) is 1. The molecule has 0 aliphatic carbocycles. The third-order valence-corrected chi connectivity index (χ3v) is 13.9. The molecule has 1 aliphatic heterocycles. The first kappa shape index (κ1) is 30.4. The Morgan fingerprint density at radius 3 is 2.51 bits per heavy atom. The zero-order valence-electron chi connectivity index (χ0n) is 23.1. The van der Waals surface area contributed by atoms with Crippen LogP contribution in [-0.4, -0.2) is 55.6 Å². The average Bonchev–Trinajstić information content (AvgIpc) is 3.10. The van der Waals surface area contributed by atoms with Gasteiger partial charge in [0.25, 0.3) is 5.56 Å². The van der Waals surface area contributed by atoms with E-state index in [9.17, 15) is 9.59 Å². The van der Waals surface area contributed by atoms with Gasteiger partial charge in [-0.25, -0.2) is 4.79 Å². The quantitative estimate of drug-likeness (QED) is 0.298. The van der Waals surface area contributed by atoms with Crippen molar-refractivity contribution in [1.29, 1.82) is 0 Å². The summed E-state index contributed by atoms with van der Waals surface area (Å²) in [5.74, 6) is 0. The van der Waals surface area contributed by atoms with Gasteiger partial charge in [0.05, 0.1) is 26.4 Å². The largest absolute Gasteiger partial charge is 0.352 e. The van der Waals surface area contributed by atoms with Gasteiger partial charge in [0.1, 0.15) is 6.23 Å². The Kier molecular flexibility index (Phi) is 10.9. The van der Waals surface area contributed by atoms with Crippen LogP contribution in [0.3, 0.4) is 0 Å². The zero-order chi connectivity index (χ0) is 26.6. The lowest BCUT2D eigenvalue weighted by Crippen LogP contribution is -2.42. The molecule has 0 amide bonds. The van der Waals surface area contributed by atoms with Crippen LogP contribution in [-0.2, 0) is 18.3 Å². The normalized spacial score (nSPS) is 23.1. The van der Waals surface area contributed by atoms with E-state index in [1.54, 1.807) is 20.2 Å². The second kappa shape index (κ2) is 12.6. The number of nitrogens with one attached hydrogen (secondary N) is 2. The molecule has 9 nitrogen and oxygen atoms in total. The number of aryl methyl sites for hydroxylation is 1. The van der Waals surface area contributed by atoms with Gasteiger partial charge in [0.2, 0.25) is 0 Å². The van der Waals surface area contributed by atoms with Gasteiger partial charge in [0, 0.05) is 31.3 Å². The van der Waals surface area contributed by atoms with Gasteiger partial charge in [-0.05, 0) is 37.9 Å². The first-order valence-electron chi connectivity index (χ1n) is 12.5. The maximum absolute atomic E-state index is 12.6. The minimum atomic E-state index is -1.73. The van der Waals surface area contributed by atoms with Gasteiger partial charge in [-0.3, -0.25) is 14.3 Å². The minimum absolute atomic E-state index is 0.0336. The van der Waals surface area contributed by atoms with Crippen molar-refractivity contribution < 1.29 is 18.3 Å². The molecule has 0 bridgehead atoms. The third kappa shape index (κ3) is 8.59. The number of hydrogen-bond donors (Lipinski definition) is 2. The van der Waals surface area contributed by atoms with E-state index in [0.29, 0.717) is 18.0 Å². The van der Waals surface area contributed by atoms with E-state index in [1.165, 1.54) is 4.57 Å². The maximum Gasteiger partial charge on any atom is 0.333 e. The highest BCUT2D eigenvalue weighted by Crippen LogP contribution is 2.49. The third-order valence-electron chi connectivity index (χ3n) is 7.12. The van der Waals surface area contributed by atoms with Crippen LogP contribution in [0.15, 0.2) is 15.8 Å². The first-order chi connectivity index (χ1) is 16.1. The Balaban J connectivity index is 2.21. The van der Waals surface area contributed by atoms with E-state index in [1.807, 2.05) is 6.92 Å².